The Labute approximate surface area is 82.5 Å². The van der Waals surface area contributed by atoms with E-state index in [1.54, 1.807) is 0 Å². The predicted octanol–water partition coefficient (Wildman–Crippen LogP) is 1.84. The quantitative estimate of drug-likeness (QED) is 0.725. The predicted molar refractivity (Wildman–Crippen MR) is 57.7 cm³/mol. The molecule has 0 aromatic rings. The number of nitrogens with zero attached hydrogens (tertiary/aromatic N) is 1. The number of hydrogen-bond donors (Lipinski definition) is 1. The molecule has 0 bridgehead atoms. The minimum atomic E-state index is 0.454. The number of hydrogen-bond acceptors (Lipinski definition) is 2. The molecule has 1 aliphatic carbocycles. The van der Waals surface area contributed by atoms with Crippen LogP contribution in [0.4, 0.5) is 0 Å². The monoisotopic (exact) mass is 184 g/mol. The van der Waals surface area contributed by atoms with Gasteiger partial charge < -0.3 is 10.6 Å². The molecule has 1 aliphatic rings. The standard InChI is InChI=1S/C11H24N2/c1-9(2)13(3)8-10-6-4-5-7-11(10)12/h9-11H,4-8,12H2,1-3H3. The van der Waals surface area contributed by atoms with Gasteiger partial charge in [0.1, 0.15) is 0 Å². The fourth-order valence-corrected chi connectivity index (χ4v) is 2.04. The second kappa shape index (κ2) is 4.97. The molecular formula is C11H24N2. The molecule has 2 unspecified atom stereocenters. The van der Waals surface area contributed by atoms with Gasteiger partial charge in [-0.2, -0.15) is 0 Å². The van der Waals surface area contributed by atoms with Crippen molar-refractivity contribution < 1.29 is 0 Å². The normalized spacial score (nSPS) is 30.0. The lowest BCUT2D eigenvalue weighted by molar-refractivity contribution is 0.183. The minimum absolute atomic E-state index is 0.454. The molecule has 1 rings (SSSR count). The first-order chi connectivity index (χ1) is 6.11. The molecular weight excluding hydrogens is 160 g/mol. The summed E-state index contributed by atoms with van der Waals surface area (Å²) in [5.74, 6) is 0.737. The zero-order valence-electron chi connectivity index (χ0n) is 9.29. The van der Waals surface area contributed by atoms with Gasteiger partial charge in [-0.3, -0.25) is 0 Å². The van der Waals surface area contributed by atoms with Crippen LogP contribution >= 0.6 is 0 Å². The summed E-state index contributed by atoms with van der Waals surface area (Å²) >= 11 is 0. The number of rotatable bonds is 3. The van der Waals surface area contributed by atoms with Crippen molar-refractivity contribution in [3.8, 4) is 0 Å². The van der Waals surface area contributed by atoms with Crippen molar-refractivity contribution in [1.29, 1.82) is 0 Å². The molecule has 0 aromatic heterocycles. The van der Waals surface area contributed by atoms with Crippen LogP contribution in [0.2, 0.25) is 0 Å². The Bertz CT molecular complexity index is 145. The van der Waals surface area contributed by atoms with Crippen molar-refractivity contribution in [2.24, 2.45) is 11.7 Å². The van der Waals surface area contributed by atoms with Crippen molar-refractivity contribution >= 4 is 0 Å². The Balaban J connectivity index is 2.33. The second-order valence-corrected chi connectivity index (χ2v) is 4.74. The van der Waals surface area contributed by atoms with Crippen molar-refractivity contribution in [1.82, 2.24) is 4.90 Å². The summed E-state index contributed by atoms with van der Waals surface area (Å²) < 4.78 is 0. The van der Waals surface area contributed by atoms with Crippen LogP contribution in [0, 0.1) is 5.92 Å². The molecule has 78 valence electrons. The van der Waals surface area contributed by atoms with Crippen LogP contribution in [-0.2, 0) is 0 Å². The average molecular weight is 184 g/mol. The Hall–Kier alpha value is -0.0800. The second-order valence-electron chi connectivity index (χ2n) is 4.74. The van der Waals surface area contributed by atoms with E-state index in [1.807, 2.05) is 0 Å². The van der Waals surface area contributed by atoms with E-state index < -0.39 is 0 Å². The smallest absolute Gasteiger partial charge is 0.00793 e. The first kappa shape index (κ1) is 11.0. The van der Waals surface area contributed by atoms with Gasteiger partial charge in [0.25, 0.3) is 0 Å². The fraction of sp³-hybridized carbons (Fsp3) is 1.00. The molecule has 0 saturated heterocycles. The summed E-state index contributed by atoms with van der Waals surface area (Å²) in [6, 6.07) is 1.10. The molecule has 1 saturated carbocycles. The van der Waals surface area contributed by atoms with Crippen LogP contribution in [0.3, 0.4) is 0 Å². The van der Waals surface area contributed by atoms with Crippen molar-refractivity contribution in [2.75, 3.05) is 13.6 Å². The van der Waals surface area contributed by atoms with Gasteiger partial charge in [-0.15, -0.1) is 0 Å². The summed E-state index contributed by atoms with van der Waals surface area (Å²) in [6.07, 6.45) is 5.28. The number of nitrogens with two attached hydrogens (primary N) is 1. The highest BCUT2D eigenvalue weighted by molar-refractivity contribution is 4.80. The van der Waals surface area contributed by atoms with Crippen molar-refractivity contribution in [2.45, 2.75) is 51.6 Å². The summed E-state index contributed by atoms with van der Waals surface area (Å²) in [5.41, 5.74) is 6.10. The molecule has 0 aliphatic heterocycles. The Kier molecular flexibility index (Phi) is 4.20. The highest BCUT2D eigenvalue weighted by atomic mass is 15.1. The van der Waals surface area contributed by atoms with E-state index in [0.29, 0.717) is 12.1 Å². The van der Waals surface area contributed by atoms with Gasteiger partial charge in [-0.1, -0.05) is 12.8 Å². The Morgan fingerprint density at radius 1 is 1.31 bits per heavy atom. The van der Waals surface area contributed by atoms with Gasteiger partial charge in [0.15, 0.2) is 0 Å². The average Bonchev–Trinajstić information content (AvgIpc) is 2.08. The lowest BCUT2D eigenvalue weighted by atomic mass is 9.84. The fourth-order valence-electron chi connectivity index (χ4n) is 2.04. The van der Waals surface area contributed by atoms with Gasteiger partial charge in [0, 0.05) is 18.6 Å². The molecule has 2 atom stereocenters. The summed E-state index contributed by atoms with van der Waals surface area (Å²) in [5, 5.41) is 0. The van der Waals surface area contributed by atoms with Crippen LogP contribution in [0.25, 0.3) is 0 Å². The molecule has 2 N–H and O–H groups in total. The first-order valence-electron chi connectivity index (χ1n) is 5.57. The van der Waals surface area contributed by atoms with Crippen LogP contribution in [0.1, 0.15) is 39.5 Å². The van der Waals surface area contributed by atoms with E-state index >= 15 is 0 Å². The molecule has 0 aromatic carbocycles. The molecule has 2 heteroatoms. The van der Waals surface area contributed by atoms with E-state index in [4.69, 9.17) is 5.73 Å². The zero-order valence-corrected chi connectivity index (χ0v) is 9.29. The Morgan fingerprint density at radius 3 is 2.46 bits per heavy atom. The summed E-state index contributed by atoms with van der Waals surface area (Å²) in [6.45, 7) is 5.67. The molecule has 13 heavy (non-hydrogen) atoms. The summed E-state index contributed by atoms with van der Waals surface area (Å²) in [4.78, 5) is 2.41. The largest absolute Gasteiger partial charge is 0.327 e. The lowest BCUT2D eigenvalue weighted by Crippen LogP contribution is -2.41. The molecule has 1 fully saturated rings. The minimum Gasteiger partial charge on any atom is -0.327 e. The van der Waals surface area contributed by atoms with Gasteiger partial charge in [0.05, 0.1) is 0 Å². The van der Waals surface area contributed by atoms with Gasteiger partial charge in [-0.25, -0.2) is 0 Å². The van der Waals surface area contributed by atoms with Crippen LogP contribution in [0.5, 0.6) is 0 Å². The Morgan fingerprint density at radius 2 is 1.92 bits per heavy atom. The third kappa shape index (κ3) is 3.28. The summed E-state index contributed by atoms with van der Waals surface area (Å²) in [7, 11) is 2.20. The maximum atomic E-state index is 6.10. The zero-order chi connectivity index (χ0) is 9.84. The van der Waals surface area contributed by atoms with Gasteiger partial charge >= 0.3 is 0 Å². The lowest BCUT2D eigenvalue weighted by Gasteiger charge is -2.33. The third-order valence-electron chi connectivity index (χ3n) is 3.37. The molecule has 2 nitrogen and oxygen atoms in total. The molecule has 0 heterocycles. The maximum Gasteiger partial charge on any atom is 0.00793 e. The molecule has 0 amide bonds. The SMILES string of the molecule is CC(C)N(C)CC1CCCCC1N. The van der Waals surface area contributed by atoms with E-state index in [1.165, 1.54) is 32.2 Å². The van der Waals surface area contributed by atoms with Gasteiger partial charge in [-0.05, 0) is 39.7 Å². The molecule has 0 spiro atoms. The highest BCUT2D eigenvalue weighted by Gasteiger charge is 2.23. The van der Waals surface area contributed by atoms with Crippen molar-refractivity contribution in [3.05, 3.63) is 0 Å². The third-order valence-corrected chi connectivity index (χ3v) is 3.37. The van der Waals surface area contributed by atoms with Crippen molar-refractivity contribution in [3.63, 3.8) is 0 Å². The maximum absolute atomic E-state index is 6.10. The van der Waals surface area contributed by atoms with Gasteiger partial charge in [0.2, 0.25) is 0 Å². The van der Waals surface area contributed by atoms with Crippen LogP contribution < -0.4 is 5.73 Å². The highest BCUT2D eigenvalue weighted by Crippen LogP contribution is 2.23. The van der Waals surface area contributed by atoms with E-state index in [0.717, 1.165) is 5.92 Å². The first-order valence-corrected chi connectivity index (χ1v) is 5.57. The van der Waals surface area contributed by atoms with E-state index in [2.05, 4.69) is 25.8 Å². The topological polar surface area (TPSA) is 29.3 Å². The van der Waals surface area contributed by atoms with Crippen LogP contribution in [0.15, 0.2) is 0 Å². The van der Waals surface area contributed by atoms with E-state index in [9.17, 15) is 0 Å². The molecule has 0 radical (unpaired) electrons. The van der Waals surface area contributed by atoms with Crippen LogP contribution in [-0.4, -0.2) is 30.6 Å². The van der Waals surface area contributed by atoms with E-state index in [-0.39, 0.29) is 0 Å².